The van der Waals surface area contributed by atoms with E-state index in [1.165, 1.54) is 18.4 Å². The topological polar surface area (TPSA) is 132 Å². The number of unbranched alkanes of at least 4 members (excludes halogenated alkanes) is 1. The van der Waals surface area contributed by atoms with Gasteiger partial charge < -0.3 is 20.4 Å². The second-order valence-electron chi connectivity index (χ2n) is 8.70. The summed E-state index contributed by atoms with van der Waals surface area (Å²) in [7, 11) is 0. The normalized spacial score (nSPS) is 11.6. The lowest BCUT2D eigenvalue weighted by molar-refractivity contribution is -0.170. The van der Waals surface area contributed by atoms with Gasteiger partial charge in [-0.3, -0.25) is 9.59 Å². The predicted octanol–water partition coefficient (Wildman–Crippen LogP) is 5.94. The fourth-order valence-electron chi connectivity index (χ4n) is 3.69. The summed E-state index contributed by atoms with van der Waals surface area (Å²) < 4.78 is 0. The number of rotatable bonds is 11. The lowest BCUT2D eigenvalue weighted by Gasteiger charge is -2.18. The molecule has 0 aliphatic rings. The molecule has 0 amide bonds. The predicted molar refractivity (Wildman–Crippen MR) is 147 cm³/mol. The lowest BCUT2D eigenvalue weighted by Crippen LogP contribution is -2.42. The third kappa shape index (κ3) is 9.18. The molecule has 0 bridgehead atoms. The van der Waals surface area contributed by atoms with Crippen LogP contribution in [0.1, 0.15) is 54.9 Å². The van der Waals surface area contributed by atoms with E-state index < -0.39 is 36.4 Å². The van der Waals surface area contributed by atoms with Crippen molar-refractivity contribution in [3.05, 3.63) is 107 Å². The molecule has 38 heavy (non-hydrogen) atoms. The smallest absolute Gasteiger partial charge is 0.336 e. The zero-order valence-electron chi connectivity index (χ0n) is 21.0. The van der Waals surface area contributed by atoms with E-state index in [2.05, 4.69) is 67.6 Å². The van der Waals surface area contributed by atoms with Gasteiger partial charge in [-0.15, -0.1) is 0 Å². The molecule has 0 radical (unpaired) electrons. The molecule has 0 saturated heterocycles. The Morgan fingerprint density at radius 2 is 1.16 bits per heavy atom. The molecule has 0 spiro atoms. The van der Waals surface area contributed by atoms with E-state index in [9.17, 15) is 14.4 Å². The molecule has 0 aliphatic carbocycles. The first kappa shape index (κ1) is 30.3. The highest BCUT2D eigenvalue weighted by Gasteiger charge is 2.40. The summed E-state index contributed by atoms with van der Waals surface area (Å²) in [5, 5.41) is 34.6. The van der Waals surface area contributed by atoms with Crippen molar-refractivity contribution in [1.82, 2.24) is 0 Å². The van der Waals surface area contributed by atoms with Crippen molar-refractivity contribution in [1.29, 1.82) is 0 Å². The Balaban J connectivity index is 0.000000332. The summed E-state index contributed by atoms with van der Waals surface area (Å²) in [6.07, 6.45) is 1.29. The van der Waals surface area contributed by atoms with Gasteiger partial charge in [0.2, 0.25) is 0 Å². The quantitative estimate of drug-likeness (QED) is 0.222. The van der Waals surface area contributed by atoms with Gasteiger partial charge in [0.15, 0.2) is 5.60 Å². The molecule has 0 atom stereocenters. The number of aryl methyl sites for hydroxylation is 1. The summed E-state index contributed by atoms with van der Waals surface area (Å²) in [5.41, 5.74) is 3.05. The maximum atomic E-state index is 10.3. The number of aliphatic carboxylic acids is 3. The highest BCUT2D eigenvalue weighted by molar-refractivity contribution is 6.53. The van der Waals surface area contributed by atoms with Crippen LogP contribution in [0.25, 0.3) is 10.6 Å². The van der Waals surface area contributed by atoms with Crippen LogP contribution in [0, 0.1) is 0 Å². The van der Waals surface area contributed by atoms with Gasteiger partial charge in [0.1, 0.15) is 0 Å². The van der Waals surface area contributed by atoms with Crippen LogP contribution in [0.3, 0.4) is 0 Å². The van der Waals surface area contributed by atoms with Gasteiger partial charge in [0.05, 0.1) is 17.9 Å². The molecule has 200 valence electrons. The molecule has 0 fully saturated rings. The molecule has 0 aliphatic heterocycles. The van der Waals surface area contributed by atoms with Crippen molar-refractivity contribution in [2.75, 3.05) is 0 Å². The van der Waals surface area contributed by atoms with E-state index in [4.69, 9.17) is 32.0 Å². The maximum absolute atomic E-state index is 10.3. The van der Waals surface area contributed by atoms with Crippen molar-refractivity contribution in [3.8, 4) is 0 Å². The van der Waals surface area contributed by atoms with Crippen LogP contribution in [-0.2, 0) is 20.8 Å². The molecule has 8 heteroatoms. The van der Waals surface area contributed by atoms with Crippen LogP contribution in [0.2, 0.25) is 0 Å². The van der Waals surface area contributed by atoms with Crippen LogP contribution in [0.15, 0.2) is 84.9 Å². The number of hydrogen-bond acceptors (Lipinski definition) is 4. The Kier molecular flexibility index (Phi) is 11.7. The molecule has 0 heterocycles. The molecule has 4 N–H and O–H groups in total. The Morgan fingerprint density at radius 3 is 1.58 bits per heavy atom. The SMILES string of the molecule is CCCCc1ccc(/C(=C(/Cl)c2ccccc2)c2ccccc2)cc1.O=C(O)CC(O)(CC(=O)O)C(=O)O. The van der Waals surface area contributed by atoms with Gasteiger partial charge in [-0.2, -0.15) is 0 Å². The number of carboxylic acids is 3. The van der Waals surface area contributed by atoms with E-state index in [1.54, 1.807) is 0 Å². The molecule has 3 aromatic rings. The van der Waals surface area contributed by atoms with Gasteiger partial charge in [-0.05, 0) is 35.1 Å². The summed E-state index contributed by atoms with van der Waals surface area (Å²) >= 11 is 6.84. The second kappa shape index (κ2) is 14.7. The number of halogens is 1. The van der Waals surface area contributed by atoms with E-state index in [-0.39, 0.29) is 0 Å². The first-order valence-electron chi connectivity index (χ1n) is 12.1. The van der Waals surface area contributed by atoms with Gasteiger partial charge in [-0.1, -0.05) is 110 Å². The summed E-state index contributed by atoms with van der Waals surface area (Å²) in [6.45, 7) is 2.23. The van der Waals surface area contributed by atoms with Crippen LogP contribution >= 0.6 is 11.6 Å². The van der Waals surface area contributed by atoms with Crippen molar-refractivity contribution in [2.24, 2.45) is 0 Å². The fraction of sp³-hybridized carbons (Fsp3) is 0.233. The van der Waals surface area contributed by atoms with Crippen molar-refractivity contribution < 1.29 is 34.8 Å². The van der Waals surface area contributed by atoms with Gasteiger partial charge in [-0.25, -0.2) is 4.79 Å². The van der Waals surface area contributed by atoms with Crippen LogP contribution in [0.5, 0.6) is 0 Å². The Hall–Kier alpha value is -3.94. The third-order valence-electron chi connectivity index (χ3n) is 5.66. The van der Waals surface area contributed by atoms with Crippen molar-refractivity contribution >= 4 is 40.1 Å². The number of carbonyl (C=O) groups is 3. The minimum atomic E-state index is -2.74. The van der Waals surface area contributed by atoms with Gasteiger partial charge >= 0.3 is 17.9 Å². The zero-order valence-corrected chi connectivity index (χ0v) is 21.8. The van der Waals surface area contributed by atoms with Crippen LogP contribution in [-0.4, -0.2) is 43.9 Å². The molecule has 3 rings (SSSR count). The Bertz CT molecular complexity index is 1220. The van der Waals surface area contributed by atoms with E-state index in [0.717, 1.165) is 33.7 Å². The van der Waals surface area contributed by atoms with Crippen molar-refractivity contribution in [2.45, 2.75) is 44.6 Å². The minimum absolute atomic E-state index is 0.785. The molecule has 3 aromatic carbocycles. The maximum Gasteiger partial charge on any atom is 0.336 e. The highest BCUT2D eigenvalue weighted by Crippen LogP contribution is 2.34. The zero-order chi connectivity index (χ0) is 28.1. The molecular weight excluding hydrogens is 508 g/mol. The Morgan fingerprint density at radius 1 is 0.711 bits per heavy atom. The molecule has 7 nitrogen and oxygen atoms in total. The minimum Gasteiger partial charge on any atom is -0.481 e. The monoisotopic (exact) mass is 538 g/mol. The largest absolute Gasteiger partial charge is 0.481 e. The van der Waals surface area contributed by atoms with Gasteiger partial charge in [0, 0.05) is 5.57 Å². The molecule has 0 saturated carbocycles. The first-order valence-corrected chi connectivity index (χ1v) is 12.4. The van der Waals surface area contributed by atoms with E-state index in [0.29, 0.717) is 0 Å². The second-order valence-corrected chi connectivity index (χ2v) is 9.08. The summed E-state index contributed by atoms with van der Waals surface area (Å²) in [4.78, 5) is 30.5. The average Bonchev–Trinajstić information content (AvgIpc) is 2.89. The number of carboxylic acid groups (broad SMARTS) is 3. The lowest BCUT2D eigenvalue weighted by atomic mass is 9.94. The number of hydrogen-bond donors (Lipinski definition) is 4. The van der Waals surface area contributed by atoms with Gasteiger partial charge in [0.25, 0.3) is 0 Å². The number of benzene rings is 3. The fourth-order valence-corrected chi connectivity index (χ4v) is 4.03. The first-order chi connectivity index (χ1) is 18.1. The van der Waals surface area contributed by atoms with Crippen LogP contribution < -0.4 is 0 Å². The van der Waals surface area contributed by atoms with E-state index in [1.807, 2.05) is 24.3 Å². The number of aliphatic hydroxyl groups is 1. The Labute approximate surface area is 226 Å². The highest BCUT2D eigenvalue weighted by atomic mass is 35.5. The molecule has 0 unspecified atom stereocenters. The van der Waals surface area contributed by atoms with Crippen molar-refractivity contribution in [3.63, 3.8) is 0 Å². The summed E-state index contributed by atoms with van der Waals surface area (Å²) in [5.74, 6) is -5.02. The molecular formula is C30H31ClO7. The molecule has 0 aromatic heterocycles. The summed E-state index contributed by atoms with van der Waals surface area (Å²) in [6, 6.07) is 29.4. The third-order valence-corrected chi connectivity index (χ3v) is 6.06. The van der Waals surface area contributed by atoms with E-state index >= 15 is 0 Å². The average molecular weight is 539 g/mol. The standard InChI is InChI=1S/C24H23Cl.C6H8O7/c1-2-3-10-19-15-17-21(18-16-19)23(20-11-6-4-7-12-20)24(25)22-13-8-5-9-14-22;7-3(8)1-6(13,5(11)12)2-4(9)10/h4-9,11-18H,2-3,10H2,1H3;13H,1-2H2,(H,7,8)(H,9,10)(H,11,12)/b24-23+;. The van der Waals surface area contributed by atoms with Crippen LogP contribution in [0.4, 0.5) is 0 Å².